The Morgan fingerprint density at radius 3 is 2.75 bits per heavy atom. The SMILES string of the molecule is O=C(/C=C/c1ccc(Br)cc1)NCC(O)c1ccsc1. The Labute approximate surface area is 130 Å². The van der Waals surface area contributed by atoms with Crippen molar-refractivity contribution in [3.63, 3.8) is 0 Å². The molecule has 0 saturated heterocycles. The van der Waals surface area contributed by atoms with E-state index in [1.54, 1.807) is 6.08 Å². The number of aliphatic hydroxyl groups is 1. The molecule has 0 radical (unpaired) electrons. The van der Waals surface area contributed by atoms with Crippen LogP contribution >= 0.6 is 27.3 Å². The summed E-state index contributed by atoms with van der Waals surface area (Å²) in [5, 5.41) is 16.3. The summed E-state index contributed by atoms with van der Waals surface area (Å²) in [5.41, 5.74) is 1.77. The summed E-state index contributed by atoms with van der Waals surface area (Å²) in [4.78, 5) is 11.6. The van der Waals surface area contributed by atoms with Gasteiger partial charge in [0.05, 0.1) is 6.10 Å². The number of rotatable bonds is 5. The highest BCUT2D eigenvalue weighted by Crippen LogP contribution is 2.15. The minimum Gasteiger partial charge on any atom is -0.387 e. The van der Waals surface area contributed by atoms with Gasteiger partial charge in [-0.25, -0.2) is 0 Å². The largest absolute Gasteiger partial charge is 0.387 e. The maximum Gasteiger partial charge on any atom is 0.244 e. The van der Waals surface area contributed by atoms with Crippen LogP contribution < -0.4 is 5.32 Å². The zero-order valence-corrected chi connectivity index (χ0v) is 13.0. The van der Waals surface area contributed by atoms with Gasteiger partial charge in [0.2, 0.25) is 5.91 Å². The van der Waals surface area contributed by atoms with Crippen molar-refractivity contribution < 1.29 is 9.90 Å². The molecule has 1 aromatic carbocycles. The van der Waals surface area contributed by atoms with Gasteiger partial charge in [-0.05, 0) is 46.2 Å². The Hall–Kier alpha value is -1.43. The lowest BCUT2D eigenvalue weighted by atomic mass is 10.2. The van der Waals surface area contributed by atoms with Gasteiger partial charge < -0.3 is 10.4 Å². The normalized spacial score (nSPS) is 12.5. The average molecular weight is 352 g/mol. The van der Waals surface area contributed by atoms with E-state index in [0.29, 0.717) is 0 Å². The van der Waals surface area contributed by atoms with Gasteiger partial charge in [0, 0.05) is 17.1 Å². The molecular weight excluding hydrogens is 338 g/mol. The minimum absolute atomic E-state index is 0.209. The first-order valence-corrected chi connectivity index (χ1v) is 7.80. The number of nitrogens with one attached hydrogen (secondary N) is 1. The van der Waals surface area contributed by atoms with Crippen LogP contribution in [-0.4, -0.2) is 17.6 Å². The van der Waals surface area contributed by atoms with Crippen molar-refractivity contribution in [1.29, 1.82) is 0 Å². The molecule has 2 rings (SSSR count). The minimum atomic E-state index is -0.661. The van der Waals surface area contributed by atoms with E-state index in [2.05, 4.69) is 21.2 Å². The van der Waals surface area contributed by atoms with Gasteiger partial charge in [-0.3, -0.25) is 4.79 Å². The standard InChI is InChI=1S/C15H14BrNO2S/c16-13-4-1-11(2-5-13)3-6-15(19)17-9-14(18)12-7-8-20-10-12/h1-8,10,14,18H,9H2,(H,17,19)/b6-3+. The van der Waals surface area contributed by atoms with Gasteiger partial charge in [0.25, 0.3) is 0 Å². The van der Waals surface area contributed by atoms with Crippen LogP contribution in [0.1, 0.15) is 17.2 Å². The monoisotopic (exact) mass is 351 g/mol. The second-order valence-corrected chi connectivity index (χ2v) is 5.90. The van der Waals surface area contributed by atoms with Crippen molar-refractivity contribution >= 4 is 39.2 Å². The second-order valence-electron chi connectivity index (χ2n) is 4.20. The van der Waals surface area contributed by atoms with E-state index in [1.165, 1.54) is 17.4 Å². The fraction of sp³-hybridized carbons (Fsp3) is 0.133. The van der Waals surface area contributed by atoms with Gasteiger partial charge >= 0.3 is 0 Å². The van der Waals surface area contributed by atoms with E-state index >= 15 is 0 Å². The molecule has 20 heavy (non-hydrogen) atoms. The lowest BCUT2D eigenvalue weighted by Crippen LogP contribution is -2.26. The molecule has 1 unspecified atom stereocenters. The molecule has 0 fully saturated rings. The highest BCUT2D eigenvalue weighted by atomic mass is 79.9. The molecule has 0 saturated carbocycles. The van der Waals surface area contributed by atoms with Gasteiger partial charge in [-0.2, -0.15) is 11.3 Å². The van der Waals surface area contributed by atoms with Crippen molar-refractivity contribution in [2.24, 2.45) is 0 Å². The molecule has 2 N–H and O–H groups in total. The Bertz CT molecular complexity index is 578. The van der Waals surface area contributed by atoms with Crippen molar-refractivity contribution in [3.05, 3.63) is 62.8 Å². The zero-order chi connectivity index (χ0) is 14.4. The molecule has 1 atom stereocenters. The lowest BCUT2D eigenvalue weighted by molar-refractivity contribution is -0.116. The molecule has 0 aliphatic heterocycles. The van der Waals surface area contributed by atoms with E-state index in [1.807, 2.05) is 41.1 Å². The van der Waals surface area contributed by atoms with Crippen LogP contribution in [0.3, 0.4) is 0 Å². The molecule has 0 aliphatic carbocycles. The number of halogens is 1. The Morgan fingerprint density at radius 1 is 1.35 bits per heavy atom. The number of aliphatic hydroxyl groups excluding tert-OH is 1. The van der Waals surface area contributed by atoms with Crippen LogP contribution in [-0.2, 0) is 4.79 Å². The first-order chi connectivity index (χ1) is 9.65. The molecule has 1 aromatic heterocycles. The number of hydrogen-bond acceptors (Lipinski definition) is 3. The summed E-state index contributed by atoms with van der Waals surface area (Å²) in [7, 11) is 0. The maximum absolute atomic E-state index is 11.6. The average Bonchev–Trinajstić information content (AvgIpc) is 2.98. The fourth-order valence-corrected chi connectivity index (χ4v) is 2.56. The maximum atomic E-state index is 11.6. The topological polar surface area (TPSA) is 49.3 Å². The molecule has 2 aromatic rings. The highest BCUT2D eigenvalue weighted by molar-refractivity contribution is 9.10. The summed E-state index contributed by atoms with van der Waals surface area (Å²) in [6.45, 7) is 0.209. The lowest BCUT2D eigenvalue weighted by Gasteiger charge is -2.08. The van der Waals surface area contributed by atoms with Gasteiger partial charge in [-0.1, -0.05) is 28.1 Å². The summed E-state index contributed by atoms with van der Waals surface area (Å²) in [6.07, 6.45) is 2.54. The number of hydrogen-bond donors (Lipinski definition) is 2. The number of thiophene rings is 1. The predicted octanol–water partition coefficient (Wildman–Crippen LogP) is 3.37. The third-order valence-corrected chi connectivity index (χ3v) is 3.92. The fourth-order valence-electron chi connectivity index (χ4n) is 1.58. The van der Waals surface area contributed by atoms with Crippen molar-refractivity contribution in [3.8, 4) is 0 Å². The summed E-state index contributed by atoms with van der Waals surface area (Å²) < 4.78 is 0.998. The van der Waals surface area contributed by atoms with Crippen molar-refractivity contribution in [2.45, 2.75) is 6.10 Å². The van der Waals surface area contributed by atoms with Crippen LogP contribution in [0.5, 0.6) is 0 Å². The van der Waals surface area contributed by atoms with Crippen LogP contribution in [0.4, 0.5) is 0 Å². The predicted molar refractivity (Wildman–Crippen MR) is 85.5 cm³/mol. The van der Waals surface area contributed by atoms with E-state index in [-0.39, 0.29) is 12.5 Å². The van der Waals surface area contributed by atoms with Crippen LogP contribution in [0, 0.1) is 0 Å². The van der Waals surface area contributed by atoms with E-state index < -0.39 is 6.10 Å². The third kappa shape index (κ3) is 4.59. The Kier molecular flexibility index (Phi) is 5.52. The first kappa shape index (κ1) is 15.0. The summed E-state index contributed by atoms with van der Waals surface area (Å²) in [6, 6.07) is 9.50. The van der Waals surface area contributed by atoms with Gasteiger partial charge in [0.15, 0.2) is 0 Å². The molecule has 1 amide bonds. The van der Waals surface area contributed by atoms with Gasteiger partial charge in [-0.15, -0.1) is 0 Å². The quantitative estimate of drug-likeness (QED) is 0.811. The number of benzene rings is 1. The highest BCUT2D eigenvalue weighted by Gasteiger charge is 2.08. The summed E-state index contributed by atoms with van der Waals surface area (Å²) in [5.74, 6) is -0.220. The van der Waals surface area contributed by atoms with Gasteiger partial charge in [0.1, 0.15) is 0 Å². The zero-order valence-electron chi connectivity index (χ0n) is 10.6. The Balaban J connectivity index is 1.82. The number of carbonyl (C=O) groups excluding carboxylic acids is 1. The molecular formula is C15H14BrNO2S. The van der Waals surface area contributed by atoms with Crippen molar-refractivity contribution in [1.82, 2.24) is 5.32 Å². The Morgan fingerprint density at radius 2 is 2.10 bits per heavy atom. The molecule has 104 valence electrons. The number of carbonyl (C=O) groups is 1. The second kappa shape index (κ2) is 7.38. The summed E-state index contributed by atoms with van der Waals surface area (Å²) >= 11 is 4.88. The third-order valence-electron chi connectivity index (χ3n) is 2.69. The molecule has 0 aliphatic rings. The molecule has 0 spiro atoms. The molecule has 3 nitrogen and oxygen atoms in total. The van der Waals surface area contributed by atoms with Crippen LogP contribution in [0.15, 0.2) is 51.6 Å². The number of amides is 1. The van der Waals surface area contributed by atoms with Crippen LogP contribution in [0.2, 0.25) is 0 Å². The smallest absolute Gasteiger partial charge is 0.244 e. The van der Waals surface area contributed by atoms with E-state index in [0.717, 1.165) is 15.6 Å². The molecule has 0 bridgehead atoms. The first-order valence-electron chi connectivity index (χ1n) is 6.07. The van der Waals surface area contributed by atoms with E-state index in [9.17, 15) is 9.90 Å². The molecule has 1 heterocycles. The van der Waals surface area contributed by atoms with E-state index in [4.69, 9.17) is 0 Å². The van der Waals surface area contributed by atoms with Crippen molar-refractivity contribution in [2.75, 3.05) is 6.54 Å². The van der Waals surface area contributed by atoms with Crippen LogP contribution in [0.25, 0.3) is 6.08 Å². The molecule has 5 heteroatoms.